The third kappa shape index (κ3) is 3.72. The zero-order valence-electron chi connectivity index (χ0n) is 11.6. The molecule has 1 aromatic carbocycles. The van der Waals surface area contributed by atoms with Crippen LogP contribution < -0.4 is 4.74 Å². The molecule has 3 heteroatoms. The minimum absolute atomic E-state index is 0.109. The van der Waals surface area contributed by atoms with E-state index in [1.165, 1.54) is 5.56 Å². The van der Waals surface area contributed by atoms with E-state index in [0.29, 0.717) is 11.8 Å². The highest BCUT2D eigenvalue weighted by atomic mass is 16.5. The molecule has 19 heavy (non-hydrogen) atoms. The molecular weight excluding hydrogens is 240 g/mol. The van der Waals surface area contributed by atoms with E-state index >= 15 is 0 Å². The van der Waals surface area contributed by atoms with E-state index in [1.54, 1.807) is 0 Å². The van der Waals surface area contributed by atoms with Crippen molar-refractivity contribution in [3.05, 3.63) is 29.8 Å². The molecule has 104 valence electrons. The smallest absolute Gasteiger partial charge is 0.306 e. The first kappa shape index (κ1) is 13.9. The van der Waals surface area contributed by atoms with E-state index in [1.807, 2.05) is 12.1 Å². The van der Waals surface area contributed by atoms with E-state index in [0.717, 1.165) is 31.6 Å². The van der Waals surface area contributed by atoms with Crippen molar-refractivity contribution in [2.24, 2.45) is 17.8 Å². The molecule has 0 heterocycles. The topological polar surface area (TPSA) is 46.5 Å². The summed E-state index contributed by atoms with van der Waals surface area (Å²) in [6, 6.07) is 8.16. The molecule has 3 unspecified atom stereocenters. The summed E-state index contributed by atoms with van der Waals surface area (Å²) in [4.78, 5) is 10.9. The number of rotatable bonds is 7. The summed E-state index contributed by atoms with van der Waals surface area (Å²) in [5.41, 5.74) is 1.26. The van der Waals surface area contributed by atoms with Crippen molar-refractivity contribution < 1.29 is 14.6 Å². The molecule has 1 fully saturated rings. The van der Waals surface area contributed by atoms with E-state index < -0.39 is 5.97 Å². The molecule has 1 aliphatic rings. The van der Waals surface area contributed by atoms with Crippen LogP contribution in [-0.2, 0) is 11.2 Å². The molecule has 1 saturated carbocycles. The highest BCUT2D eigenvalue weighted by Gasteiger charge is 2.45. The summed E-state index contributed by atoms with van der Waals surface area (Å²) in [6.45, 7) is 4.98. The first-order valence-electron chi connectivity index (χ1n) is 7.06. The predicted molar refractivity (Wildman–Crippen MR) is 74.3 cm³/mol. The molecule has 0 amide bonds. The van der Waals surface area contributed by atoms with Crippen molar-refractivity contribution in [1.82, 2.24) is 0 Å². The molecule has 0 saturated heterocycles. The summed E-state index contributed by atoms with van der Waals surface area (Å²) in [5, 5.41) is 8.94. The fourth-order valence-electron chi connectivity index (χ4n) is 2.59. The molecule has 1 N–H and O–H groups in total. The van der Waals surface area contributed by atoms with Gasteiger partial charge in [0, 0.05) is 0 Å². The van der Waals surface area contributed by atoms with E-state index in [9.17, 15) is 4.79 Å². The Morgan fingerprint density at radius 3 is 2.63 bits per heavy atom. The van der Waals surface area contributed by atoms with Crippen molar-refractivity contribution in [2.45, 2.75) is 33.1 Å². The molecule has 0 radical (unpaired) electrons. The predicted octanol–water partition coefficient (Wildman–Crippen LogP) is 3.37. The maximum absolute atomic E-state index is 10.9. The Labute approximate surface area is 114 Å². The van der Waals surface area contributed by atoms with Gasteiger partial charge in [0.05, 0.1) is 12.5 Å². The molecular formula is C16H22O3. The summed E-state index contributed by atoms with van der Waals surface area (Å²) >= 11 is 0. The van der Waals surface area contributed by atoms with Crippen molar-refractivity contribution in [1.29, 1.82) is 0 Å². The van der Waals surface area contributed by atoms with Gasteiger partial charge in [-0.25, -0.2) is 0 Å². The monoisotopic (exact) mass is 262 g/mol. The molecule has 1 aliphatic carbocycles. The SMILES string of the molecule is CCCOc1ccc(CC(C)C2CC2C(=O)O)cc1. The Morgan fingerprint density at radius 1 is 1.42 bits per heavy atom. The quantitative estimate of drug-likeness (QED) is 0.819. The van der Waals surface area contributed by atoms with Crippen LogP contribution >= 0.6 is 0 Å². The molecule has 0 aliphatic heterocycles. The number of carbonyl (C=O) groups is 1. The second kappa shape index (κ2) is 6.09. The zero-order chi connectivity index (χ0) is 13.8. The number of ether oxygens (including phenoxy) is 1. The van der Waals surface area contributed by atoms with Crippen LogP contribution in [0.3, 0.4) is 0 Å². The summed E-state index contributed by atoms with van der Waals surface area (Å²) < 4.78 is 5.55. The lowest BCUT2D eigenvalue weighted by atomic mass is 9.95. The lowest BCUT2D eigenvalue weighted by Crippen LogP contribution is -2.08. The number of benzene rings is 1. The first-order valence-corrected chi connectivity index (χ1v) is 7.06. The van der Waals surface area contributed by atoms with Crippen molar-refractivity contribution >= 4 is 5.97 Å². The van der Waals surface area contributed by atoms with Crippen LogP contribution in [0.15, 0.2) is 24.3 Å². The van der Waals surface area contributed by atoms with Crippen LogP contribution in [0.1, 0.15) is 32.3 Å². The largest absolute Gasteiger partial charge is 0.494 e. The fraction of sp³-hybridized carbons (Fsp3) is 0.562. The minimum atomic E-state index is -0.639. The van der Waals surface area contributed by atoms with Crippen LogP contribution in [0.25, 0.3) is 0 Å². The lowest BCUT2D eigenvalue weighted by molar-refractivity contribution is -0.139. The third-order valence-corrected chi connectivity index (χ3v) is 3.84. The maximum atomic E-state index is 10.9. The number of hydrogen-bond donors (Lipinski definition) is 1. The fourth-order valence-corrected chi connectivity index (χ4v) is 2.59. The number of hydrogen-bond acceptors (Lipinski definition) is 2. The van der Waals surface area contributed by atoms with Crippen LogP contribution in [0.5, 0.6) is 5.75 Å². The van der Waals surface area contributed by atoms with Gasteiger partial charge < -0.3 is 9.84 Å². The second-order valence-electron chi connectivity index (χ2n) is 5.52. The molecule has 0 bridgehead atoms. The van der Waals surface area contributed by atoms with Gasteiger partial charge in [0.2, 0.25) is 0 Å². The maximum Gasteiger partial charge on any atom is 0.306 e. The molecule has 2 rings (SSSR count). The minimum Gasteiger partial charge on any atom is -0.494 e. The average molecular weight is 262 g/mol. The number of carboxylic acids is 1. The van der Waals surface area contributed by atoms with E-state index in [-0.39, 0.29) is 5.92 Å². The Morgan fingerprint density at radius 2 is 2.11 bits per heavy atom. The van der Waals surface area contributed by atoms with Gasteiger partial charge >= 0.3 is 5.97 Å². The second-order valence-corrected chi connectivity index (χ2v) is 5.52. The summed E-state index contributed by atoms with van der Waals surface area (Å²) in [5.74, 6) is 0.951. The average Bonchev–Trinajstić information content (AvgIpc) is 3.18. The van der Waals surface area contributed by atoms with Crippen LogP contribution in [-0.4, -0.2) is 17.7 Å². The van der Waals surface area contributed by atoms with Gasteiger partial charge in [0.25, 0.3) is 0 Å². The van der Waals surface area contributed by atoms with Crippen molar-refractivity contribution in [3.63, 3.8) is 0 Å². The van der Waals surface area contributed by atoms with Gasteiger partial charge in [-0.05, 0) is 48.8 Å². The van der Waals surface area contributed by atoms with Crippen molar-refractivity contribution in [3.8, 4) is 5.75 Å². The molecule has 0 aromatic heterocycles. The highest BCUT2D eigenvalue weighted by Crippen LogP contribution is 2.45. The first-order chi connectivity index (χ1) is 9.11. The number of aliphatic carboxylic acids is 1. The third-order valence-electron chi connectivity index (χ3n) is 3.84. The Bertz CT molecular complexity index is 424. The zero-order valence-corrected chi connectivity index (χ0v) is 11.6. The van der Waals surface area contributed by atoms with Crippen LogP contribution in [0.2, 0.25) is 0 Å². The highest BCUT2D eigenvalue weighted by molar-refractivity contribution is 5.73. The Hall–Kier alpha value is -1.51. The van der Waals surface area contributed by atoms with Crippen LogP contribution in [0, 0.1) is 17.8 Å². The molecule has 3 nitrogen and oxygen atoms in total. The lowest BCUT2D eigenvalue weighted by Gasteiger charge is -2.11. The van der Waals surface area contributed by atoms with Gasteiger partial charge in [-0.15, -0.1) is 0 Å². The van der Waals surface area contributed by atoms with Gasteiger partial charge in [0.1, 0.15) is 5.75 Å². The molecule has 3 atom stereocenters. The Balaban J connectivity index is 1.84. The summed E-state index contributed by atoms with van der Waals surface area (Å²) in [6.07, 6.45) is 2.80. The van der Waals surface area contributed by atoms with Gasteiger partial charge in [-0.1, -0.05) is 26.0 Å². The standard InChI is InChI=1S/C16H22O3/c1-3-8-19-13-6-4-12(5-7-13)9-11(2)14-10-15(14)16(17)18/h4-7,11,14-15H,3,8-10H2,1-2H3,(H,17,18). The Kier molecular flexibility index (Phi) is 4.46. The van der Waals surface area contributed by atoms with Gasteiger partial charge in [-0.3, -0.25) is 4.79 Å². The molecule has 1 aromatic rings. The van der Waals surface area contributed by atoms with Crippen molar-refractivity contribution in [2.75, 3.05) is 6.61 Å². The molecule has 0 spiro atoms. The van der Waals surface area contributed by atoms with E-state index in [2.05, 4.69) is 26.0 Å². The van der Waals surface area contributed by atoms with Crippen LogP contribution in [0.4, 0.5) is 0 Å². The van der Waals surface area contributed by atoms with E-state index in [4.69, 9.17) is 9.84 Å². The van der Waals surface area contributed by atoms with Gasteiger partial charge in [-0.2, -0.15) is 0 Å². The normalized spacial score (nSPS) is 22.8. The number of carboxylic acid groups (broad SMARTS) is 1. The summed E-state index contributed by atoms with van der Waals surface area (Å²) in [7, 11) is 0. The van der Waals surface area contributed by atoms with Gasteiger partial charge in [0.15, 0.2) is 0 Å².